The molecule has 2 aromatic rings. The lowest BCUT2D eigenvalue weighted by atomic mass is 9.85. The Morgan fingerprint density at radius 3 is 1.71 bits per heavy atom. The Labute approximate surface area is 212 Å². The van der Waals surface area contributed by atoms with Gasteiger partial charge >= 0.3 is 0 Å². The largest absolute Gasteiger partial charge is 0.334 e. The number of rotatable bonds is 22. The third-order valence-corrected chi connectivity index (χ3v) is 7.56. The minimum atomic E-state index is 0.574. The number of hydrogen-bond donors (Lipinski definition) is 0. The molecule has 0 aliphatic heterocycles. The maximum Gasteiger partial charge on any atom is 0.0948 e. The molecule has 0 amide bonds. The van der Waals surface area contributed by atoms with E-state index in [2.05, 4.69) is 59.9 Å². The Morgan fingerprint density at radius 1 is 0.647 bits per heavy atom. The lowest BCUT2D eigenvalue weighted by Crippen LogP contribution is -2.21. The predicted molar refractivity (Wildman–Crippen MR) is 149 cm³/mol. The first-order valence-electron chi connectivity index (χ1n) is 14.9. The van der Waals surface area contributed by atoms with Crippen LogP contribution in [-0.4, -0.2) is 9.55 Å². The quantitative estimate of drug-likeness (QED) is 0.158. The van der Waals surface area contributed by atoms with Crippen molar-refractivity contribution in [2.24, 2.45) is 5.92 Å². The van der Waals surface area contributed by atoms with Crippen LogP contribution < -0.4 is 0 Å². The molecular weight excluding hydrogens is 412 g/mol. The topological polar surface area (TPSA) is 17.8 Å². The fourth-order valence-corrected chi connectivity index (χ4v) is 5.54. The van der Waals surface area contributed by atoms with Crippen LogP contribution in [0.25, 0.3) is 0 Å². The second-order valence-corrected chi connectivity index (χ2v) is 10.6. The van der Waals surface area contributed by atoms with Gasteiger partial charge in [-0.15, -0.1) is 0 Å². The van der Waals surface area contributed by atoms with Crippen molar-refractivity contribution >= 4 is 0 Å². The molecule has 2 rings (SSSR count). The van der Waals surface area contributed by atoms with E-state index >= 15 is 0 Å². The predicted octanol–water partition coefficient (Wildman–Crippen LogP) is 10.3. The highest BCUT2D eigenvalue weighted by Gasteiger charge is 2.22. The van der Waals surface area contributed by atoms with Crippen LogP contribution in [0.15, 0.2) is 49.1 Å². The Hall–Kier alpha value is -1.57. The molecule has 0 spiro atoms. The van der Waals surface area contributed by atoms with Gasteiger partial charge in [0, 0.05) is 18.4 Å². The molecule has 0 saturated carbocycles. The van der Waals surface area contributed by atoms with Crippen LogP contribution in [0.2, 0.25) is 0 Å². The van der Waals surface area contributed by atoms with E-state index in [0.29, 0.717) is 12.0 Å². The minimum absolute atomic E-state index is 0.574. The van der Waals surface area contributed by atoms with E-state index in [0.717, 1.165) is 0 Å². The molecule has 0 radical (unpaired) electrons. The van der Waals surface area contributed by atoms with E-state index in [1.807, 2.05) is 12.5 Å². The van der Waals surface area contributed by atoms with E-state index in [9.17, 15) is 0 Å². The number of aromatic nitrogens is 2. The van der Waals surface area contributed by atoms with Crippen molar-refractivity contribution in [2.45, 2.75) is 142 Å². The first-order valence-corrected chi connectivity index (χ1v) is 14.9. The second-order valence-electron chi connectivity index (χ2n) is 10.6. The van der Waals surface area contributed by atoms with Crippen molar-refractivity contribution in [1.82, 2.24) is 9.55 Å². The minimum Gasteiger partial charge on any atom is -0.334 e. The number of hydrogen-bond acceptors (Lipinski definition) is 1. The number of unbranched alkanes of at least 4 members (excludes halogenated alkanes) is 14. The molecule has 192 valence electrons. The summed E-state index contributed by atoms with van der Waals surface area (Å²) in [6.45, 7) is 4.63. The molecule has 1 aromatic heterocycles. The van der Waals surface area contributed by atoms with E-state index in [-0.39, 0.29) is 0 Å². The van der Waals surface area contributed by atoms with Crippen LogP contribution in [0.4, 0.5) is 0 Å². The van der Waals surface area contributed by atoms with E-state index in [1.54, 1.807) is 0 Å². The SMILES string of the molecule is CCCCCCCCCCCCCCCCCC(C(CCC)Cc1ccccc1)n1ccnc1. The van der Waals surface area contributed by atoms with Gasteiger partial charge in [0.15, 0.2) is 0 Å². The van der Waals surface area contributed by atoms with Gasteiger partial charge in [0.1, 0.15) is 0 Å². The Morgan fingerprint density at radius 2 is 1.21 bits per heavy atom. The fraction of sp³-hybridized carbons (Fsp3) is 0.719. The maximum absolute atomic E-state index is 4.38. The second kappa shape index (κ2) is 19.7. The van der Waals surface area contributed by atoms with Crippen molar-refractivity contribution in [3.63, 3.8) is 0 Å². The first-order chi connectivity index (χ1) is 16.8. The van der Waals surface area contributed by atoms with Gasteiger partial charge in [0.05, 0.1) is 6.33 Å². The molecule has 2 unspecified atom stereocenters. The monoisotopic (exact) mass is 466 g/mol. The summed E-state index contributed by atoms with van der Waals surface area (Å²) >= 11 is 0. The number of imidazole rings is 1. The van der Waals surface area contributed by atoms with Crippen molar-refractivity contribution < 1.29 is 0 Å². The summed E-state index contributed by atoms with van der Waals surface area (Å²) < 4.78 is 2.40. The zero-order valence-electron chi connectivity index (χ0n) is 22.6. The summed E-state index contributed by atoms with van der Waals surface area (Å²) in [6.07, 6.45) is 32.6. The molecule has 2 atom stereocenters. The van der Waals surface area contributed by atoms with Crippen molar-refractivity contribution in [3.05, 3.63) is 54.6 Å². The lowest BCUT2D eigenvalue weighted by molar-refractivity contribution is 0.280. The highest BCUT2D eigenvalue weighted by molar-refractivity contribution is 5.15. The Balaban J connectivity index is 1.59. The van der Waals surface area contributed by atoms with Crippen LogP contribution in [0, 0.1) is 5.92 Å². The van der Waals surface area contributed by atoms with Gasteiger partial charge in [-0.05, 0) is 30.7 Å². The average molecular weight is 467 g/mol. The van der Waals surface area contributed by atoms with E-state index in [1.165, 1.54) is 128 Å². The van der Waals surface area contributed by atoms with Crippen LogP contribution in [0.1, 0.15) is 141 Å². The molecule has 34 heavy (non-hydrogen) atoms. The smallest absolute Gasteiger partial charge is 0.0948 e. The zero-order chi connectivity index (χ0) is 24.1. The van der Waals surface area contributed by atoms with Crippen LogP contribution in [-0.2, 0) is 6.42 Å². The van der Waals surface area contributed by atoms with Gasteiger partial charge in [-0.3, -0.25) is 0 Å². The molecule has 2 nitrogen and oxygen atoms in total. The molecule has 1 aromatic carbocycles. The van der Waals surface area contributed by atoms with Gasteiger partial charge in [-0.1, -0.05) is 147 Å². The molecule has 0 aliphatic carbocycles. The lowest BCUT2D eigenvalue weighted by Gasteiger charge is -2.28. The fourth-order valence-electron chi connectivity index (χ4n) is 5.54. The summed E-state index contributed by atoms with van der Waals surface area (Å²) in [5.74, 6) is 0.688. The van der Waals surface area contributed by atoms with Crippen LogP contribution in [0.3, 0.4) is 0 Å². The molecule has 0 aliphatic rings. The highest BCUT2D eigenvalue weighted by Crippen LogP contribution is 2.31. The number of nitrogens with zero attached hydrogens (tertiary/aromatic N) is 2. The van der Waals surface area contributed by atoms with E-state index in [4.69, 9.17) is 0 Å². The third-order valence-electron chi connectivity index (χ3n) is 7.56. The zero-order valence-corrected chi connectivity index (χ0v) is 22.6. The molecule has 0 saturated heterocycles. The van der Waals surface area contributed by atoms with Gasteiger partial charge in [-0.2, -0.15) is 0 Å². The summed E-state index contributed by atoms with van der Waals surface area (Å²) in [6, 6.07) is 11.6. The molecule has 0 bridgehead atoms. The third kappa shape index (κ3) is 12.8. The highest BCUT2D eigenvalue weighted by atomic mass is 15.1. The molecular formula is C32H54N2. The number of benzene rings is 1. The summed E-state index contributed by atoms with van der Waals surface area (Å²) in [7, 11) is 0. The maximum atomic E-state index is 4.38. The molecule has 1 heterocycles. The van der Waals surface area contributed by atoms with Crippen molar-refractivity contribution in [3.8, 4) is 0 Å². The van der Waals surface area contributed by atoms with Gasteiger partial charge < -0.3 is 4.57 Å². The average Bonchev–Trinajstić information content (AvgIpc) is 3.39. The van der Waals surface area contributed by atoms with E-state index < -0.39 is 0 Å². The summed E-state index contributed by atoms with van der Waals surface area (Å²) in [5, 5.41) is 0. The summed E-state index contributed by atoms with van der Waals surface area (Å²) in [4.78, 5) is 4.38. The molecule has 2 heteroatoms. The van der Waals surface area contributed by atoms with Gasteiger partial charge in [0.2, 0.25) is 0 Å². The van der Waals surface area contributed by atoms with Gasteiger partial charge in [0.25, 0.3) is 0 Å². The summed E-state index contributed by atoms with van der Waals surface area (Å²) in [5.41, 5.74) is 1.47. The molecule has 0 N–H and O–H groups in total. The standard InChI is InChI=1S/C32H54N2/c1-3-5-6-7-8-9-10-11-12-13-14-15-16-17-21-25-32(34-27-26-33-29-34)31(22-4-2)28-30-23-19-18-20-24-30/h18-20,23-24,26-27,29,31-32H,3-17,21-22,25,28H2,1-2H3. The first kappa shape index (κ1) is 28.7. The Bertz CT molecular complexity index is 664. The molecule has 0 fully saturated rings. The van der Waals surface area contributed by atoms with Crippen LogP contribution in [0.5, 0.6) is 0 Å². The Kier molecular flexibility index (Phi) is 16.6. The van der Waals surface area contributed by atoms with Crippen molar-refractivity contribution in [1.29, 1.82) is 0 Å². The van der Waals surface area contributed by atoms with Crippen LogP contribution >= 0.6 is 0 Å². The van der Waals surface area contributed by atoms with Crippen molar-refractivity contribution in [2.75, 3.05) is 0 Å². The van der Waals surface area contributed by atoms with Gasteiger partial charge in [-0.25, -0.2) is 4.98 Å². The normalized spacial score (nSPS) is 13.2.